The van der Waals surface area contributed by atoms with Crippen molar-refractivity contribution in [2.75, 3.05) is 0 Å². The lowest BCUT2D eigenvalue weighted by atomic mass is 9.99. The third kappa shape index (κ3) is 11.9. The Labute approximate surface area is 298 Å². The van der Waals surface area contributed by atoms with Gasteiger partial charge in [-0.3, -0.25) is 19.9 Å². The molecule has 6 aromatic rings. The zero-order chi connectivity index (χ0) is 36.7. The minimum atomic E-state index is 0.150. The van der Waals surface area contributed by atoms with Gasteiger partial charge in [-0.05, 0) is 80.1 Å². The molecule has 1 aromatic carbocycles. The Morgan fingerprint density at radius 1 is 0.640 bits per heavy atom. The van der Waals surface area contributed by atoms with E-state index in [-0.39, 0.29) is 6.42 Å². The summed E-state index contributed by atoms with van der Waals surface area (Å²) in [5.41, 5.74) is 6.35. The van der Waals surface area contributed by atoms with Crippen molar-refractivity contribution in [3.63, 3.8) is 0 Å². The molecular weight excluding hydrogens is 648 g/mol. The minimum Gasteiger partial charge on any atom is -0.416 e. The Bertz CT molecular complexity index is 1890. The quantitative estimate of drug-likeness (QED) is 0.0821. The van der Waals surface area contributed by atoms with Crippen molar-refractivity contribution in [1.82, 2.24) is 30.1 Å². The number of thiol groups is 1. The summed E-state index contributed by atoms with van der Waals surface area (Å²) in [7, 11) is 0. The van der Waals surface area contributed by atoms with Crippen molar-refractivity contribution in [1.29, 1.82) is 10.8 Å². The molecule has 0 atom stereocenters. The first-order valence-electron chi connectivity index (χ1n) is 15.6. The molecule has 11 heteroatoms. The summed E-state index contributed by atoms with van der Waals surface area (Å²) < 4.78 is 15.1. The van der Waals surface area contributed by atoms with Gasteiger partial charge in [-0.2, -0.15) is 3.89 Å². The topological polar surface area (TPSA) is 138 Å². The first-order chi connectivity index (χ1) is 24.5. The Morgan fingerprint density at radius 3 is 1.62 bits per heavy atom. The largest absolute Gasteiger partial charge is 0.416 e. The maximum atomic E-state index is 9.19. The van der Waals surface area contributed by atoms with E-state index in [0.717, 1.165) is 22.8 Å². The van der Waals surface area contributed by atoms with Crippen molar-refractivity contribution < 1.29 is 8.30 Å². The molecule has 0 aliphatic rings. The van der Waals surface area contributed by atoms with Crippen LogP contribution in [0.15, 0.2) is 139 Å². The molecule has 0 bridgehead atoms. The normalized spacial score (nSPS) is 9.40. The van der Waals surface area contributed by atoms with Gasteiger partial charge < -0.3 is 15.2 Å². The summed E-state index contributed by atoms with van der Waals surface area (Å²) in [5, 5.41) is 25.5. The Balaban J connectivity index is 0.000000787. The highest BCUT2D eigenvalue weighted by atomic mass is 32.1. The molecule has 0 radical (unpaired) electrons. The molecule has 0 fully saturated rings. The van der Waals surface area contributed by atoms with Crippen LogP contribution in [-0.4, -0.2) is 41.6 Å². The fraction of sp³-hybridized carbons (Fsp3) is 0.128. The number of nitrogens with one attached hydrogen (secondary N) is 2. The average Bonchev–Trinajstić information content (AvgIpc) is 3.69. The summed E-state index contributed by atoms with van der Waals surface area (Å²) in [4.78, 5) is 17.5. The molecule has 256 valence electrons. The van der Waals surface area contributed by atoms with Crippen molar-refractivity contribution in [3.05, 3.63) is 146 Å². The standard InChI is InChI=1S/C31H22N8O.2C3H6.C2H6.FHS/c32-24(17-25(33)22-10-12-28(36-18-22)26-8-1-3-14-34-26)20-6-5-7-21(16-20)30-38-39-31(40-30)23-11-13-29(37-19-23)27-9-2-4-15-35-27;2*1-3-2;2*1-2/h1-16,18-19,32-33H,17H2;2*3H,1H2,2H3;1-2H3;2H. The van der Waals surface area contributed by atoms with Crippen molar-refractivity contribution >= 4 is 24.4 Å². The molecule has 0 spiro atoms. The van der Waals surface area contributed by atoms with Gasteiger partial charge in [0.05, 0.1) is 28.3 Å². The first-order valence-corrected chi connectivity index (χ1v) is 16.0. The highest BCUT2D eigenvalue weighted by molar-refractivity contribution is 7.74. The second-order valence-corrected chi connectivity index (χ2v) is 9.74. The lowest BCUT2D eigenvalue weighted by Gasteiger charge is -2.08. The molecule has 0 saturated heterocycles. The van der Waals surface area contributed by atoms with E-state index in [4.69, 9.17) is 15.2 Å². The Hall–Kier alpha value is -5.94. The summed E-state index contributed by atoms with van der Waals surface area (Å²) in [5.74, 6) is 0.682. The first kappa shape index (κ1) is 40.2. The van der Waals surface area contributed by atoms with Crippen LogP contribution in [0.5, 0.6) is 0 Å². The number of benzene rings is 1. The number of allylic oxidation sites excluding steroid dienone is 2. The van der Waals surface area contributed by atoms with Crippen molar-refractivity contribution in [2.45, 2.75) is 34.1 Å². The monoisotopic (exact) mass is 688 g/mol. The van der Waals surface area contributed by atoms with Gasteiger partial charge in [0.1, 0.15) is 0 Å². The molecule has 50 heavy (non-hydrogen) atoms. The fourth-order valence-electron chi connectivity index (χ4n) is 4.10. The second kappa shape index (κ2) is 22.6. The second-order valence-electron chi connectivity index (χ2n) is 9.74. The maximum Gasteiger partial charge on any atom is 0.249 e. The zero-order valence-corrected chi connectivity index (χ0v) is 29.5. The van der Waals surface area contributed by atoms with E-state index in [1.807, 2.05) is 126 Å². The van der Waals surface area contributed by atoms with Gasteiger partial charge in [-0.25, -0.2) is 0 Å². The van der Waals surface area contributed by atoms with E-state index in [9.17, 15) is 3.89 Å². The van der Waals surface area contributed by atoms with E-state index in [0.29, 0.717) is 45.5 Å². The van der Waals surface area contributed by atoms with Gasteiger partial charge in [-0.15, -0.1) is 23.4 Å². The number of halogens is 1. The fourth-order valence-corrected chi connectivity index (χ4v) is 4.10. The number of pyridine rings is 4. The third-order valence-electron chi connectivity index (χ3n) is 6.21. The summed E-state index contributed by atoms with van der Waals surface area (Å²) >= 11 is 2.03. The molecule has 0 saturated carbocycles. The molecule has 0 aliphatic heterocycles. The highest BCUT2D eigenvalue weighted by Crippen LogP contribution is 2.26. The highest BCUT2D eigenvalue weighted by Gasteiger charge is 2.14. The third-order valence-corrected chi connectivity index (χ3v) is 6.21. The number of hydrogen-bond acceptors (Lipinski definition) is 10. The average molecular weight is 689 g/mol. The molecule has 5 heterocycles. The van der Waals surface area contributed by atoms with Gasteiger partial charge >= 0.3 is 0 Å². The van der Waals surface area contributed by atoms with E-state index < -0.39 is 0 Å². The van der Waals surface area contributed by atoms with E-state index in [1.54, 1.807) is 36.9 Å². The Morgan fingerprint density at radius 2 is 1.14 bits per heavy atom. The summed E-state index contributed by atoms with van der Waals surface area (Å²) in [6.45, 7) is 14.5. The van der Waals surface area contributed by atoms with Crippen LogP contribution in [0.4, 0.5) is 3.89 Å². The van der Waals surface area contributed by atoms with Crippen LogP contribution in [0.1, 0.15) is 45.2 Å². The molecule has 9 nitrogen and oxygen atoms in total. The predicted octanol–water partition coefficient (Wildman–Crippen LogP) is 10.4. The van der Waals surface area contributed by atoms with Crippen LogP contribution in [0, 0.1) is 10.8 Å². The lowest BCUT2D eigenvalue weighted by Crippen LogP contribution is -2.09. The molecule has 5 aromatic heterocycles. The molecule has 6 rings (SSSR count). The van der Waals surface area contributed by atoms with Crippen molar-refractivity contribution in [3.8, 4) is 45.7 Å². The number of nitrogens with zero attached hydrogens (tertiary/aromatic N) is 6. The predicted molar refractivity (Wildman–Crippen MR) is 205 cm³/mol. The molecule has 2 N–H and O–H groups in total. The SMILES string of the molecule is C=CC.C=CC.CC.FS.N=C(CC(=N)c1cccc(-c2nnc(-c3ccc(-c4ccccn4)nc3)o2)c1)c1ccc(-c2ccccn2)nc1. The molecule has 0 aliphatic carbocycles. The van der Waals surface area contributed by atoms with Crippen LogP contribution in [-0.2, 0) is 0 Å². The van der Waals surface area contributed by atoms with Gasteiger partial charge in [0, 0.05) is 66.8 Å². The number of aromatic nitrogens is 6. The van der Waals surface area contributed by atoms with Crippen LogP contribution in [0.3, 0.4) is 0 Å². The van der Waals surface area contributed by atoms with Gasteiger partial charge in [0.2, 0.25) is 11.8 Å². The summed E-state index contributed by atoms with van der Waals surface area (Å²) in [6, 6.07) is 26.0. The lowest BCUT2D eigenvalue weighted by molar-refractivity contribution is 0.584. The number of hydrogen-bond donors (Lipinski definition) is 3. The van der Waals surface area contributed by atoms with Gasteiger partial charge in [-0.1, -0.05) is 50.3 Å². The minimum absolute atomic E-state index is 0.150. The molecular formula is C39H41FN8OS. The zero-order valence-electron chi connectivity index (χ0n) is 28.6. The van der Waals surface area contributed by atoms with Crippen LogP contribution >= 0.6 is 13.0 Å². The maximum absolute atomic E-state index is 9.19. The van der Waals surface area contributed by atoms with Crippen molar-refractivity contribution in [2.24, 2.45) is 0 Å². The Kier molecular flexibility index (Phi) is 18.2. The van der Waals surface area contributed by atoms with Gasteiger partial charge in [0.15, 0.2) is 0 Å². The van der Waals surface area contributed by atoms with Crippen LogP contribution < -0.4 is 0 Å². The van der Waals surface area contributed by atoms with E-state index in [1.165, 1.54) is 0 Å². The van der Waals surface area contributed by atoms with E-state index in [2.05, 4.69) is 43.3 Å². The molecule has 0 amide bonds. The van der Waals surface area contributed by atoms with E-state index >= 15 is 0 Å². The smallest absolute Gasteiger partial charge is 0.249 e. The molecule has 0 unspecified atom stereocenters. The van der Waals surface area contributed by atoms with Crippen LogP contribution in [0.25, 0.3) is 45.7 Å². The van der Waals surface area contributed by atoms with Gasteiger partial charge in [0.25, 0.3) is 0 Å². The van der Waals surface area contributed by atoms with Crippen LogP contribution in [0.2, 0.25) is 0 Å². The number of rotatable bonds is 8. The summed E-state index contributed by atoms with van der Waals surface area (Å²) in [6.07, 6.45) is 10.4.